The van der Waals surface area contributed by atoms with Gasteiger partial charge in [-0.25, -0.2) is 18.4 Å². The molecule has 1 aliphatic rings. The number of ether oxygens (including phenoxy) is 1. The fourth-order valence-electron chi connectivity index (χ4n) is 3.73. The third-order valence-corrected chi connectivity index (χ3v) is 6.61. The number of fused-ring (bicyclic) bond motifs is 1. The highest BCUT2D eigenvalue weighted by molar-refractivity contribution is 7.92. The Balaban J connectivity index is 1.92. The number of aryl methyl sites for hydroxylation is 1. The zero-order valence-corrected chi connectivity index (χ0v) is 16.8. The van der Waals surface area contributed by atoms with Crippen LogP contribution in [0.4, 0.5) is 11.6 Å². The molecule has 8 nitrogen and oxygen atoms in total. The first-order chi connectivity index (χ1) is 13.3. The van der Waals surface area contributed by atoms with Crippen LogP contribution in [0.1, 0.15) is 19.7 Å². The summed E-state index contributed by atoms with van der Waals surface area (Å²) in [5, 5.41) is 0. The molecular weight excluding hydrogens is 378 g/mol. The molecule has 1 aliphatic heterocycles. The van der Waals surface area contributed by atoms with Crippen LogP contribution in [0, 0.1) is 6.92 Å². The summed E-state index contributed by atoms with van der Waals surface area (Å²) in [7, 11) is -3.83. The predicted octanol–water partition coefficient (Wildman–Crippen LogP) is 2.29. The molecule has 28 heavy (non-hydrogen) atoms. The van der Waals surface area contributed by atoms with Crippen molar-refractivity contribution in [3.63, 3.8) is 0 Å². The highest BCUT2D eigenvalue weighted by Crippen LogP contribution is 2.36. The fraction of sp³-hybridized carbons (Fsp3) is 0.368. The van der Waals surface area contributed by atoms with E-state index in [1.54, 1.807) is 37.3 Å². The molecule has 2 atom stereocenters. The van der Waals surface area contributed by atoms with E-state index in [-0.39, 0.29) is 27.8 Å². The molecule has 148 valence electrons. The summed E-state index contributed by atoms with van der Waals surface area (Å²) < 4.78 is 32.3. The smallest absolute Gasteiger partial charge is 0.212 e. The van der Waals surface area contributed by atoms with Crippen molar-refractivity contribution in [1.29, 1.82) is 0 Å². The van der Waals surface area contributed by atoms with Gasteiger partial charge in [-0.05, 0) is 32.9 Å². The quantitative estimate of drug-likeness (QED) is 0.692. The van der Waals surface area contributed by atoms with E-state index in [1.807, 2.05) is 13.8 Å². The fourth-order valence-corrected chi connectivity index (χ4v) is 5.22. The maximum atomic E-state index is 13.2. The number of nitrogens with two attached hydrogens (primary N) is 1. The van der Waals surface area contributed by atoms with E-state index in [2.05, 4.69) is 19.9 Å². The second-order valence-corrected chi connectivity index (χ2v) is 9.05. The number of hydrogen-bond acceptors (Lipinski definition) is 7. The van der Waals surface area contributed by atoms with Crippen LogP contribution in [0.2, 0.25) is 0 Å². The molecule has 2 aromatic heterocycles. The number of H-pyrrole nitrogens is 1. The number of aromatic amines is 1. The second-order valence-electron chi connectivity index (χ2n) is 7.16. The van der Waals surface area contributed by atoms with Gasteiger partial charge in [-0.1, -0.05) is 18.2 Å². The van der Waals surface area contributed by atoms with Crippen molar-refractivity contribution >= 4 is 32.5 Å². The summed E-state index contributed by atoms with van der Waals surface area (Å²) in [6.07, 6.45) is 0.0720. The van der Waals surface area contributed by atoms with Crippen molar-refractivity contribution in [3.8, 4) is 0 Å². The molecule has 9 heteroatoms. The van der Waals surface area contributed by atoms with Crippen molar-refractivity contribution in [1.82, 2.24) is 15.0 Å². The molecule has 1 aromatic carbocycles. The third kappa shape index (κ3) is 3.10. The van der Waals surface area contributed by atoms with Crippen molar-refractivity contribution in [2.24, 2.45) is 0 Å². The molecule has 1 saturated heterocycles. The Morgan fingerprint density at radius 3 is 2.43 bits per heavy atom. The summed E-state index contributed by atoms with van der Waals surface area (Å²) in [4.78, 5) is 14.3. The monoisotopic (exact) mass is 401 g/mol. The normalized spacial score (nSPS) is 20.6. The zero-order valence-electron chi connectivity index (χ0n) is 16.0. The van der Waals surface area contributed by atoms with Crippen LogP contribution in [-0.2, 0) is 14.6 Å². The number of nitrogen functional groups attached to an aromatic ring is 1. The molecule has 0 unspecified atom stereocenters. The number of nitrogens with zero attached hydrogens (tertiary/aromatic N) is 3. The maximum absolute atomic E-state index is 13.2. The van der Waals surface area contributed by atoms with E-state index < -0.39 is 9.84 Å². The predicted molar refractivity (Wildman–Crippen MR) is 107 cm³/mol. The lowest BCUT2D eigenvalue weighted by Crippen LogP contribution is -2.46. The van der Waals surface area contributed by atoms with Crippen LogP contribution < -0.4 is 10.6 Å². The molecular formula is C19H23N5O3S. The lowest BCUT2D eigenvalue weighted by Gasteiger charge is -2.36. The molecule has 0 bridgehead atoms. The molecule has 4 rings (SSSR count). The van der Waals surface area contributed by atoms with Crippen LogP contribution in [0.3, 0.4) is 0 Å². The first kappa shape index (κ1) is 18.7. The average Bonchev–Trinajstić information content (AvgIpc) is 2.97. The molecule has 0 amide bonds. The number of rotatable bonds is 3. The number of morpholine rings is 1. The molecule has 0 aliphatic carbocycles. The molecule has 3 aromatic rings. The standard InChI is InChI=1S/C19H23N5O3S/c1-11-9-24(10-12(2)27-11)19-16-15(21-13(3)22-19)17(18(20)23-16)28(25,26)14-7-5-4-6-8-14/h4-8,11-12,23H,9-10,20H2,1-3H3/t11-,12+. The Bertz CT molecular complexity index is 1120. The number of nitrogens with one attached hydrogen (secondary N) is 1. The Morgan fingerprint density at radius 1 is 1.14 bits per heavy atom. The van der Waals surface area contributed by atoms with Gasteiger partial charge < -0.3 is 20.4 Å². The van der Waals surface area contributed by atoms with Crippen molar-refractivity contribution < 1.29 is 13.2 Å². The maximum Gasteiger partial charge on any atom is 0.212 e. The molecule has 0 saturated carbocycles. The van der Waals surface area contributed by atoms with E-state index >= 15 is 0 Å². The van der Waals surface area contributed by atoms with Crippen LogP contribution in [0.5, 0.6) is 0 Å². The summed E-state index contributed by atoms with van der Waals surface area (Å²) in [6, 6.07) is 8.23. The van der Waals surface area contributed by atoms with E-state index in [4.69, 9.17) is 10.5 Å². The lowest BCUT2D eigenvalue weighted by molar-refractivity contribution is -0.00539. The summed E-state index contributed by atoms with van der Waals surface area (Å²) in [6.45, 7) is 7.05. The first-order valence-electron chi connectivity index (χ1n) is 9.13. The largest absolute Gasteiger partial charge is 0.384 e. The van der Waals surface area contributed by atoms with Crippen LogP contribution in [-0.4, -0.2) is 48.7 Å². The Hall–Kier alpha value is -2.65. The molecule has 0 spiro atoms. The Labute approximate surface area is 163 Å². The highest BCUT2D eigenvalue weighted by atomic mass is 32.2. The van der Waals surface area contributed by atoms with Gasteiger partial charge in [0.05, 0.1) is 17.1 Å². The van der Waals surface area contributed by atoms with Crippen molar-refractivity contribution in [2.75, 3.05) is 23.7 Å². The zero-order chi connectivity index (χ0) is 20.1. The first-order valence-corrected chi connectivity index (χ1v) is 10.6. The van der Waals surface area contributed by atoms with Crippen LogP contribution in [0.15, 0.2) is 40.1 Å². The van der Waals surface area contributed by atoms with E-state index in [0.717, 1.165) is 0 Å². The number of hydrogen-bond donors (Lipinski definition) is 2. The third-order valence-electron chi connectivity index (χ3n) is 4.76. The van der Waals surface area contributed by atoms with Gasteiger partial charge in [0.15, 0.2) is 5.82 Å². The average molecular weight is 401 g/mol. The number of anilines is 2. The number of aromatic nitrogens is 3. The van der Waals surface area contributed by atoms with Crippen molar-refractivity contribution in [2.45, 2.75) is 42.8 Å². The van der Waals surface area contributed by atoms with Crippen molar-refractivity contribution in [3.05, 3.63) is 36.2 Å². The number of benzene rings is 1. The van der Waals surface area contributed by atoms with Gasteiger partial charge >= 0.3 is 0 Å². The van der Waals surface area contributed by atoms with Crippen LogP contribution >= 0.6 is 0 Å². The summed E-state index contributed by atoms with van der Waals surface area (Å²) >= 11 is 0. The SMILES string of the molecule is Cc1nc(N2C[C@@H](C)O[C@@H](C)C2)c2[nH]c(N)c(S(=O)(=O)c3ccccc3)c2n1. The molecule has 0 radical (unpaired) electrons. The Morgan fingerprint density at radius 2 is 1.79 bits per heavy atom. The van der Waals surface area contributed by atoms with E-state index in [1.165, 1.54) is 0 Å². The van der Waals surface area contributed by atoms with E-state index in [0.29, 0.717) is 35.8 Å². The Kier molecular flexibility index (Phi) is 4.51. The minimum absolute atomic E-state index is 0.00481. The summed E-state index contributed by atoms with van der Waals surface area (Å²) in [5.74, 6) is 1.19. The van der Waals surface area contributed by atoms with Gasteiger partial charge in [0.2, 0.25) is 9.84 Å². The van der Waals surface area contributed by atoms with Crippen LogP contribution in [0.25, 0.3) is 11.0 Å². The van der Waals surface area contributed by atoms with Gasteiger partial charge in [0, 0.05) is 13.1 Å². The van der Waals surface area contributed by atoms with Gasteiger partial charge in [-0.15, -0.1) is 0 Å². The molecule has 3 N–H and O–H groups in total. The van der Waals surface area contributed by atoms with Gasteiger partial charge in [-0.2, -0.15) is 0 Å². The minimum atomic E-state index is -3.83. The highest BCUT2D eigenvalue weighted by Gasteiger charge is 2.31. The van der Waals surface area contributed by atoms with Gasteiger partial charge in [0.25, 0.3) is 0 Å². The molecule has 3 heterocycles. The van der Waals surface area contributed by atoms with E-state index in [9.17, 15) is 8.42 Å². The van der Waals surface area contributed by atoms with Gasteiger partial charge in [0.1, 0.15) is 27.6 Å². The minimum Gasteiger partial charge on any atom is -0.384 e. The molecule has 1 fully saturated rings. The number of sulfone groups is 1. The van der Waals surface area contributed by atoms with Gasteiger partial charge in [-0.3, -0.25) is 0 Å². The topological polar surface area (TPSA) is 114 Å². The second kappa shape index (κ2) is 6.75. The lowest BCUT2D eigenvalue weighted by atomic mass is 10.2. The summed E-state index contributed by atoms with van der Waals surface area (Å²) in [5.41, 5.74) is 6.98.